The van der Waals surface area contributed by atoms with Gasteiger partial charge in [0.1, 0.15) is 17.1 Å². The zero-order valence-electron chi connectivity index (χ0n) is 23.9. The number of fused-ring (bicyclic) bond motifs is 2. The lowest BCUT2D eigenvalue weighted by atomic mass is 9.95. The summed E-state index contributed by atoms with van der Waals surface area (Å²) >= 11 is 0. The van der Waals surface area contributed by atoms with Crippen molar-refractivity contribution >= 4 is 36.0 Å². The molecule has 6 nitrogen and oxygen atoms in total. The second kappa shape index (κ2) is 11.0. The monoisotopic (exact) mass is 550 g/mol. The van der Waals surface area contributed by atoms with Crippen LogP contribution < -0.4 is 4.43 Å². The van der Waals surface area contributed by atoms with E-state index < -0.39 is 14.3 Å². The number of benzene rings is 2. The van der Waals surface area contributed by atoms with Crippen LogP contribution in [0.25, 0.3) is 21.7 Å². The van der Waals surface area contributed by atoms with Crippen molar-refractivity contribution in [2.24, 2.45) is 7.05 Å². The molecule has 0 spiro atoms. The maximum atomic E-state index is 13.5. The number of halogens is 1. The summed E-state index contributed by atoms with van der Waals surface area (Å²) in [5, 5.41) is 23.0. The first-order valence-electron chi connectivity index (χ1n) is 13.6. The van der Waals surface area contributed by atoms with Gasteiger partial charge in [0.25, 0.3) is 8.32 Å². The van der Waals surface area contributed by atoms with Crippen molar-refractivity contribution in [2.75, 3.05) is 0 Å². The third-order valence-electron chi connectivity index (χ3n) is 8.08. The molecule has 2 aromatic heterocycles. The molecule has 0 aliphatic rings. The van der Waals surface area contributed by atoms with Crippen molar-refractivity contribution in [3.63, 3.8) is 0 Å². The van der Waals surface area contributed by atoms with E-state index in [2.05, 4.69) is 41.5 Å². The summed E-state index contributed by atoms with van der Waals surface area (Å²) in [6, 6.07) is 8.44. The lowest BCUT2D eigenvalue weighted by Gasteiger charge is -2.42. The fourth-order valence-corrected chi connectivity index (χ4v) is 11.6. The summed E-state index contributed by atoms with van der Waals surface area (Å²) in [5.41, 5.74) is 4.24. The molecule has 0 aliphatic carbocycles. The molecule has 0 fully saturated rings. The first kappa shape index (κ1) is 28.6. The van der Waals surface area contributed by atoms with Crippen LogP contribution in [0.4, 0.5) is 4.39 Å². The largest absolute Gasteiger partial charge is 0.541 e. The molecule has 0 saturated carbocycles. The predicted octanol–water partition coefficient (Wildman–Crippen LogP) is 7.73. The number of rotatable bonds is 10. The van der Waals surface area contributed by atoms with E-state index >= 15 is 0 Å². The average Bonchev–Trinajstić information content (AvgIpc) is 3.15. The average molecular weight is 551 g/mol. The van der Waals surface area contributed by atoms with Gasteiger partial charge < -0.3 is 19.2 Å². The van der Waals surface area contributed by atoms with Crippen LogP contribution in [0.5, 0.6) is 11.6 Å². The van der Waals surface area contributed by atoms with Crippen LogP contribution in [0, 0.1) is 5.82 Å². The molecular formula is C31H39FN2O4Si. The zero-order valence-corrected chi connectivity index (χ0v) is 24.9. The van der Waals surface area contributed by atoms with E-state index in [9.17, 15) is 19.4 Å². The normalized spacial score (nSPS) is 12.4. The van der Waals surface area contributed by atoms with E-state index in [0.29, 0.717) is 39.7 Å². The quantitative estimate of drug-likeness (QED) is 0.197. The Morgan fingerprint density at radius 3 is 2.21 bits per heavy atom. The number of aliphatic carboxylic acids is 1. The fourth-order valence-electron chi connectivity index (χ4n) is 6.32. The Labute approximate surface area is 230 Å². The third-order valence-corrected chi connectivity index (χ3v) is 14.1. The lowest BCUT2D eigenvalue weighted by molar-refractivity contribution is -0.136. The molecule has 2 heterocycles. The van der Waals surface area contributed by atoms with Gasteiger partial charge >= 0.3 is 5.97 Å². The van der Waals surface area contributed by atoms with E-state index in [4.69, 9.17) is 9.41 Å². The molecule has 208 valence electrons. The Hall–Kier alpha value is -3.39. The fraction of sp³-hybridized carbons (Fsp3) is 0.419. The van der Waals surface area contributed by atoms with Gasteiger partial charge in [-0.25, -0.2) is 4.39 Å². The molecule has 2 aromatic carbocycles. The van der Waals surface area contributed by atoms with Crippen LogP contribution in [0.15, 0.2) is 42.7 Å². The first-order valence-corrected chi connectivity index (χ1v) is 15.8. The van der Waals surface area contributed by atoms with Gasteiger partial charge in [0, 0.05) is 36.6 Å². The van der Waals surface area contributed by atoms with E-state index in [1.54, 1.807) is 29.9 Å². The molecule has 0 atom stereocenters. The van der Waals surface area contributed by atoms with Gasteiger partial charge in [0.05, 0.1) is 5.39 Å². The highest BCUT2D eigenvalue weighted by Gasteiger charge is 2.48. The first-order chi connectivity index (χ1) is 18.4. The van der Waals surface area contributed by atoms with Crippen LogP contribution in [-0.2, 0) is 24.7 Å². The summed E-state index contributed by atoms with van der Waals surface area (Å²) in [4.78, 5) is 16.5. The number of aromatic hydroxyl groups is 1. The van der Waals surface area contributed by atoms with E-state index in [1.807, 2.05) is 12.3 Å². The Morgan fingerprint density at radius 2 is 1.64 bits per heavy atom. The Morgan fingerprint density at radius 1 is 1.03 bits per heavy atom. The summed E-state index contributed by atoms with van der Waals surface area (Å²) in [6.45, 7) is 13.3. The summed E-state index contributed by atoms with van der Waals surface area (Å²) in [6.07, 6.45) is 4.44. The van der Waals surface area contributed by atoms with Gasteiger partial charge in [0.2, 0.25) is 5.88 Å². The molecule has 0 radical (unpaired) electrons. The molecule has 0 saturated heterocycles. The van der Waals surface area contributed by atoms with Gasteiger partial charge in [-0.05, 0) is 64.4 Å². The second-order valence-corrected chi connectivity index (χ2v) is 16.9. The van der Waals surface area contributed by atoms with Gasteiger partial charge in [-0.15, -0.1) is 0 Å². The number of carboxylic acids is 1. The number of pyridine rings is 1. The molecular weight excluding hydrogens is 511 g/mol. The Balaban J connectivity index is 2.03. The number of aryl methyl sites for hydroxylation is 2. The molecule has 4 aromatic rings. The smallest absolute Gasteiger partial charge is 0.303 e. The number of aromatic nitrogens is 2. The van der Waals surface area contributed by atoms with E-state index in [0.717, 1.165) is 27.5 Å². The minimum Gasteiger partial charge on any atom is -0.541 e. The predicted molar refractivity (Wildman–Crippen MR) is 157 cm³/mol. The number of carbonyl (C=O) groups is 1. The topological polar surface area (TPSA) is 84.6 Å². The van der Waals surface area contributed by atoms with E-state index in [-0.39, 0.29) is 24.5 Å². The van der Waals surface area contributed by atoms with Gasteiger partial charge in [0.15, 0.2) is 0 Å². The highest BCUT2D eigenvalue weighted by molar-refractivity contribution is 6.78. The van der Waals surface area contributed by atoms with Crippen molar-refractivity contribution in [3.8, 4) is 11.6 Å². The molecule has 8 heteroatoms. The minimum atomic E-state index is -2.44. The van der Waals surface area contributed by atoms with E-state index in [1.165, 1.54) is 12.1 Å². The Kier molecular flexibility index (Phi) is 8.07. The van der Waals surface area contributed by atoms with Crippen LogP contribution in [-0.4, -0.2) is 34.1 Å². The van der Waals surface area contributed by atoms with Crippen LogP contribution in [0.1, 0.15) is 64.7 Å². The van der Waals surface area contributed by atoms with Gasteiger partial charge in [-0.1, -0.05) is 53.7 Å². The summed E-state index contributed by atoms with van der Waals surface area (Å²) in [5.74, 6) is -0.520. The second-order valence-electron chi connectivity index (χ2n) is 11.5. The van der Waals surface area contributed by atoms with Crippen molar-refractivity contribution in [2.45, 2.75) is 77.4 Å². The zero-order chi connectivity index (χ0) is 28.6. The highest BCUT2D eigenvalue weighted by Crippen LogP contribution is 2.49. The standard InChI is InChI=1S/C31H39FN2O4Si/c1-18(2)39(19(3)4,20(5)6)38-30-28-26(17-34(7)31(28)37)24(12-13-27(35)36)25-15-22(16-33-29(25)30)14-21-8-10-23(32)11-9-21/h8-11,15-20,37H,12-14H2,1-7H3,(H,35,36). The maximum absolute atomic E-state index is 13.5. The van der Waals surface area contributed by atoms with Crippen LogP contribution in [0.2, 0.25) is 16.6 Å². The number of nitrogens with zero attached hydrogens (tertiary/aromatic N) is 2. The molecule has 0 unspecified atom stereocenters. The lowest BCUT2D eigenvalue weighted by Crippen LogP contribution is -2.50. The molecule has 0 amide bonds. The van der Waals surface area contributed by atoms with Crippen LogP contribution in [0.3, 0.4) is 0 Å². The van der Waals surface area contributed by atoms with Crippen molar-refractivity contribution in [3.05, 3.63) is 65.2 Å². The van der Waals surface area contributed by atoms with Gasteiger partial charge in [-0.3, -0.25) is 9.78 Å². The molecule has 0 aliphatic heterocycles. The van der Waals surface area contributed by atoms with Crippen molar-refractivity contribution in [1.82, 2.24) is 9.55 Å². The molecule has 4 rings (SSSR count). The maximum Gasteiger partial charge on any atom is 0.303 e. The molecule has 0 bridgehead atoms. The van der Waals surface area contributed by atoms with Crippen LogP contribution >= 0.6 is 0 Å². The summed E-state index contributed by atoms with van der Waals surface area (Å²) in [7, 11) is -0.666. The highest BCUT2D eigenvalue weighted by atomic mass is 28.4. The number of hydrogen-bond donors (Lipinski definition) is 2. The Bertz CT molecular complexity index is 1490. The molecule has 39 heavy (non-hydrogen) atoms. The summed E-state index contributed by atoms with van der Waals surface area (Å²) < 4.78 is 22.3. The van der Waals surface area contributed by atoms with Crippen molar-refractivity contribution < 1.29 is 23.8 Å². The SMILES string of the molecule is CC(C)[Si](Oc1c2ncc(Cc3ccc(F)cc3)cc2c(CCC(=O)O)c2cn(C)c(O)c12)(C(C)C)C(C)C. The third kappa shape index (κ3) is 5.26. The van der Waals surface area contributed by atoms with Crippen molar-refractivity contribution in [1.29, 1.82) is 0 Å². The molecule has 2 N–H and O–H groups in total. The number of hydrogen-bond acceptors (Lipinski definition) is 4. The minimum absolute atomic E-state index is 0.0507. The van der Waals surface area contributed by atoms with Gasteiger partial charge in [-0.2, -0.15) is 0 Å². The number of carboxylic acid groups (broad SMARTS) is 1.